The van der Waals surface area contributed by atoms with Crippen molar-refractivity contribution < 1.29 is 27.1 Å². The fourth-order valence-corrected chi connectivity index (χ4v) is 3.37. The highest BCUT2D eigenvalue weighted by atomic mass is 32.2. The maximum atomic E-state index is 13.9. The van der Waals surface area contributed by atoms with E-state index in [9.17, 15) is 22.4 Å². The van der Waals surface area contributed by atoms with Crippen LogP contribution in [0.4, 0.5) is 4.39 Å². The van der Waals surface area contributed by atoms with E-state index < -0.39 is 39.4 Å². The number of carbonyl (C=O) groups excluding carboxylic acids is 2. The van der Waals surface area contributed by atoms with E-state index in [0.717, 1.165) is 43.9 Å². The largest absolute Gasteiger partial charge is 0.449 e. The van der Waals surface area contributed by atoms with E-state index in [1.54, 1.807) is 0 Å². The molecule has 2 N–H and O–H groups in total. The van der Waals surface area contributed by atoms with E-state index in [1.807, 2.05) is 0 Å². The molecule has 1 aromatic rings. The number of hydrogen-bond donors (Lipinski definition) is 2. The Labute approximate surface area is 146 Å². The number of nitrogens with one attached hydrogen (secondary N) is 2. The van der Waals surface area contributed by atoms with Gasteiger partial charge in [0.1, 0.15) is 5.82 Å². The van der Waals surface area contributed by atoms with Crippen molar-refractivity contribution in [3.8, 4) is 0 Å². The molecule has 0 saturated heterocycles. The summed E-state index contributed by atoms with van der Waals surface area (Å²) < 4.78 is 44.5. The summed E-state index contributed by atoms with van der Waals surface area (Å²) in [6.07, 6.45) is 2.72. The summed E-state index contributed by atoms with van der Waals surface area (Å²) in [6.45, 7) is 1.38. The quantitative estimate of drug-likeness (QED) is 0.734. The highest BCUT2D eigenvalue weighted by molar-refractivity contribution is 7.89. The first-order valence-electron chi connectivity index (χ1n) is 7.99. The molecule has 1 aliphatic carbocycles. The van der Waals surface area contributed by atoms with Gasteiger partial charge >= 0.3 is 5.97 Å². The van der Waals surface area contributed by atoms with Crippen LogP contribution in [0.3, 0.4) is 0 Å². The van der Waals surface area contributed by atoms with Gasteiger partial charge < -0.3 is 10.1 Å². The summed E-state index contributed by atoms with van der Waals surface area (Å²) in [4.78, 5) is 23.9. The van der Waals surface area contributed by atoms with Gasteiger partial charge in [0, 0.05) is 6.04 Å². The van der Waals surface area contributed by atoms with E-state index in [2.05, 4.69) is 10.0 Å². The second-order valence-electron chi connectivity index (χ2n) is 5.89. The smallest absolute Gasteiger partial charge is 0.341 e. The van der Waals surface area contributed by atoms with Crippen molar-refractivity contribution in [3.63, 3.8) is 0 Å². The number of hydrogen-bond acceptors (Lipinski definition) is 5. The predicted molar refractivity (Wildman–Crippen MR) is 87.9 cm³/mol. The zero-order chi connectivity index (χ0) is 18.6. The standard InChI is InChI=1S/C16H21FN2O5S/c1-10(15(20)19-11-5-3-4-6-11)24-16(21)13-9-12(7-8-14(13)17)25(22,23)18-2/h7-11,18H,3-6H2,1-2H3,(H,19,20)/t10-/m1/s1. The van der Waals surface area contributed by atoms with E-state index in [1.165, 1.54) is 14.0 Å². The highest BCUT2D eigenvalue weighted by Crippen LogP contribution is 2.19. The van der Waals surface area contributed by atoms with Crippen molar-refractivity contribution in [2.75, 3.05) is 7.05 Å². The zero-order valence-electron chi connectivity index (χ0n) is 14.0. The summed E-state index contributed by atoms with van der Waals surface area (Å²) >= 11 is 0. The van der Waals surface area contributed by atoms with Gasteiger partial charge in [-0.05, 0) is 45.0 Å². The first kappa shape index (κ1) is 19.3. The summed E-state index contributed by atoms with van der Waals surface area (Å²) in [5, 5.41) is 2.78. The van der Waals surface area contributed by atoms with Gasteiger partial charge in [0.05, 0.1) is 10.5 Å². The van der Waals surface area contributed by atoms with E-state index in [4.69, 9.17) is 4.74 Å². The number of carbonyl (C=O) groups is 2. The molecule has 1 saturated carbocycles. The maximum absolute atomic E-state index is 13.9. The Morgan fingerprint density at radius 2 is 1.92 bits per heavy atom. The van der Waals surface area contributed by atoms with E-state index >= 15 is 0 Å². The summed E-state index contributed by atoms with van der Waals surface area (Å²) in [6, 6.07) is 2.85. The van der Waals surface area contributed by atoms with Crippen molar-refractivity contribution >= 4 is 21.9 Å². The third-order valence-corrected chi connectivity index (χ3v) is 5.50. The molecule has 7 nitrogen and oxygen atoms in total. The van der Waals surface area contributed by atoms with Gasteiger partial charge in [-0.2, -0.15) is 0 Å². The molecule has 0 aromatic heterocycles. The van der Waals surface area contributed by atoms with Crippen molar-refractivity contribution in [2.24, 2.45) is 0 Å². The Bertz CT molecular complexity index is 760. The minimum atomic E-state index is -3.84. The average molecular weight is 372 g/mol. The lowest BCUT2D eigenvalue weighted by Gasteiger charge is -2.17. The van der Waals surface area contributed by atoms with Crippen LogP contribution >= 0.6 is 0 Å². The molecule has 0 spiro atoms. The van der Waals surface area contributed by atoms with Crippen molar-refractivity contribution in [3.05, 3.63) is 29.6 Å². The van der Waals surface area contributed by atoms with Gasteiger partial charge in [0.15, 0.2) is 6.10 Å². The number of benzene rings is 1. The molecule has 0 bridgehead atoms. The van der Waals surface area contributed by atoms with Crippen LogP contribution in [0, 0.1) is 5.82 Å². The van der Waals surface area contributed by atoms with Crippen LogP contribution in [0.1, 0.15) is 43.0 Å². The van der Waals surface area contributed by atoms with Crippen molar-refractivity contribution in [1.29, 1.82) is 0 Å². The topological polar surface area (TPSA) is 102 Å². The van der Waals surface area contributed by atoms with E-state index in [-0.39, 0.29) is 10.9 Å². The Balaban J connectivity index is 2.09. The second-order valence-corrected chi connectivity index (χ2v) is 7.77. The lowest BCUT2D eigenvalue weighted by atomic mass is 10.2. The highest BCUT2D eigenvalue weighted by Gasteiger charge is 2.25. The SMILES string of the molecule is CNS(=O)(=O)c1ccc(F)c(C(=O)O[C@H](C)C(=O)NC2CCCC2)c1. The predicted octanol–water partition coefficient (Wildman–Crippen LogP) is 1.34. The third-order valence-electron chi connectivity index (χ3n) is 4.09. The third kappa shape index (κ3) is 4.76. The Kier molecular flexibility index (Phi) is 6.12. The molecule has 1 amide bonds. The van der Waals surface area contributed by atoms with Gasteiger partial charge in [-0.1, -0.05) is 12.8 Å². The number of esters is 1. The van der Waals surface area contributed by atoms with Crippen LogP contribution in [-0.2, 0) is 19.6 Å². The molecule has 0 heterocycles. The molecule has 138 valence electrons. The number of halogens is 1. The van der Waals surface area contributed by atoms with Crippen LogP contribution in [0.15, 0.2) is 23.1 Å². The Hall–Kier alpha value is -2.00. The van der Waals surface area contributed by atoms with Crippen LogP contribution in [0.25, 0.3) is 0 Å². The molecule has 1 aromatic carbocycles. The Morgan fingerprint density at radius 3 is 2.52 bits per heavy atom. The first-order chi connectivity index (χ1) is 11.7. The lowest BCUT2D eigenvalue weighted by Crippen LogP contribution is -2.41. The van der Waals surface area contributed by atoms with Crippen molar-refractivity contribution in [2.45, 2.75) is 49.6 Å². The summed E-state index contributed by atoms with van der Waals surface area (Å²) in [5.74, 6) is -2.48. The zero-order valence-corrected chi connectivity index (χ0v) is 14.9. The minimum absolute atomic E-state index is 0.0643. The molecule has 9 heteroatoms. The molecular formula is C16H21FN2O5S. The average Bonchev–Trinajstić information content (AvgIpc) is 3.07. The van der Waals surface area contributed by atoms with Gasteiger partial charge in [0.25, 0.3) is 5.91 Å². The van der Waals surface area contributed by atoms with Gasteiger partial charge in [-0.15, -0.1) is 0 Å². The molecule has 0 aliphatic heterocycles. The van der Waals surface area contributed by atoms with Crippen LogP contribution < -0.4 is 10.0 Å². The molecule has 2 rings (SSSR count). The van der Waals surface area contributed by atoms with Crippen LogP contribution in [-0.4, -0.2) is 39.5 Å². The summed E-state index contributed by atoms with van der Waals surface area (Å²) in [7, 11) is -2.63. The van der Waals surface area contributed by atoms with Crippen molar-refractivity contribution in [1.82, 2.24) is 10.0 Å². The van der Waals surface area contributed by atoms with Gasteiger partial charge in [-0.3, -0.25) is 4.79 Å². The molecule has 0 unspecified atom stereocenters. The van der Waals surface area contributed by atoms with Gasteiger partial charge in [-0.25, -0.2) is 22.3 Å². The number of rotatable bonds is 6. The molecular weight excluding hydrogens is 351 g/mol. The molecule has 1 aliphatic rings. The number of ether oxygens (including phenoxy) is 1. The lowest BCUT2D eigenvalue weighted by molar-refractivity contribution is -0.129. The number of sulfonamides is 1. The number of amides is 1. The normalized spacial score (nSPS) is 16.4. The van der Waals surface area contributed by atoms with E-state index in [0.29, 0.717) is 0 Å². The first-order valence-corrected chi connectivity index (χ1v) is 9.47. The second kappa shape index (κ2) is 7.92. The molecule has 25 heavy (non-hydrogen) atoms. The van der Waals surface area contributed by atoms with Crippen LogP contribution in [0.2, 0.25) is 0 Å². The van der Waals surface area contributed by atoms with Crippen LogP contribution in [0.5, 0.6) is 0 Å². The monoisotopic (exact) mass is 372 g/mol. The van der Waals surface area contributed by atoms with Gasteiger partial charge in [0.2, 0.25) is 10.0 Å². The molecule has 1 atom stereocenters. The maximum Gasteiger partial charge on any atom is 0.341 e. The Morgan fingerprint density at radius 1 is 1.28 bits per heavy atom. The molecule has 1 fully saturated rings. The fraction of sp³-hybridized carbons (Fsp3) is 0.500. The summed E-state index contributed by atoms with van der Waals surface area (Å²) in [5.41, 5.74) is -0.545. The minimum Gasteiger partial charge on any atom is -0.449 e. The molecule has 0 radical (unpaired) electrons. The fourth-order valence-electron chi connectivity index (χ4n) is 2.61.